The first-order valence-corrected chi connectivity index (χ1v) is 8.31. The Labute approximate surface area is 147 Å². The summed E-state index contributed by atoms with van der Waals surface area (Å²) in [5, 5.41) is 6.31. The summed E-state index contributed by atoms with van der Waals surface area (Å²) in [7, 11) is 0. The van der Waals surface area contributed by atoms with Gasteiger partial charge in [0.1, 0.15) is 0 Å². The smallest absolute Gasteiger partial charge is 0.253 e. The Morgan fingerprint density at radius 3 is 2.40 bits per heavy atom. The summed E-state index contributed by atoms with van der Waals surface area (Å²) >= 11 is 0. The molecule has 4 nitrogen and oxygen atoms in total. The second-order valence-corrected chi connectivity index (χ2v) is 5.91. The lowest BCUT2D eigenvalue weighted by Gasteiger charge is -2.16. The van der Waals surface area contributed by atoms with Crippen molar-refractivity contribution in [2.24, 2.45) is 0 Å². The molecule has 0 saturated carbocycles. The van der Waals surface area contributed by atoms with E-state index in [4.69, 9.17) is 0 Å². The van der Waals surface area contributed by atoms with Crippen molar-refractivity contribution >= 4 is 11.6 Å². The van der Waals surface area contributed by atoms with Crippen molar-refractivity contribution in [2.45, 2.75) is 19.5 Å². The van der Waals surface area contributed by atoms with Crippen LogP contribution in [0.25, 0.3) is 0 Å². The molecule has 1 unspecified atom stereocenters. The molecule has 1 atom stereocenters. The maximum Gasteiger partial charge on any atom is 0.253 e. The van der Waals surface area contributed by atoms with Gasteiger partial charge in [-0.25, -0.2) is 0 Å². The van der Waals surface area contributed by atoms with Gasteiger partial charge in [-0.3, -0.25) is 9.78 Å². The number of anilines is 1. The molecule has 25 heavy (non-hydrogen) atoms. The van der Waals surface area contributed by atoms with E-state index in [2.05, 4.69) is 34.7 Å². The highest BCUT2D eigenvalue weighted by atomic mass is 16.1. The molecular weight excluding hydrogens is 310 g/mol. The summed E-state index contributed by atoms with van der Waals surface area (Å²) in [6, 6.07) is 22.0. The van der Waals surface area contributed by atoms with E-state index in [1.807, 2.05) is 54.6 Å². The van der Waals surface area contributed by atoms with Crippen molar-refractivity contribution in [3.05, 3.63) is 95.8 Å². The number of nitrogens with zero attached hydrogens (tertiary/aromatic N) is 1. The highest BCUT2D eigenvalue weighted by molar-refractivity contribution is 5.94. The second kappa shape index (κ2) is 8.11. The Morgan fingerprint density at radius 1 is 1.00 bits per heavy atom. The molecule has 0 spiro atoms. The van der Waals surface area contributed by atoms with Gasteiger partial charge in [-0.15, -0.1) is 0 Å². The third-order valence-corrected chi connectivity index (χ3v) is 3.98. The van der Waals surface area contributed by atoms with Gasteiger partial charge in [-0.05, 0) is 24.1 Å². The molecule has 1 aromatic heterocycles. The van der Waals surface area contributed by atoms with Crippen LogP contribution >= 0.6 is 0 Å². The molecule has 0 aliphatic rings. The van der Waals surface area contributed by atoms with Crippen LogP contribution in [-0.4, -0.2) is 10.9 Å². The molecule has 3 aromatic rings. The van der Waals surface area contributed by atoms with E-state index in [0.717, 1.165) is 11.3 Å². The number of hydrogen-bond donors (Lipinski definition) is 2. The van der Waals surface area contributed by atoms with Crippen molar-refractivity contribution in [3.63, 3.8) is 0 Å². The van der Waals surface area contributed by atoms with E-state index in [9.17, 15) is 4.79 Å². The number of aromatic nitrogens is 1. The number of pyridine rings is 1. The molecule has 1 amide bonds. The van der Waals surface area contributed by atoms with Crippen LogP contribution in [0.5, 0.6) is 0 Å². The standard InChI is InChI=1S/C21H21N3O/c1-16(18-10-6-3-7-11-18)24-20-12-19(14-22-15-20)21(25)23-13-17-8-4-2-5-9-17/h2-12,14-16,24H,13H2,1H3,(H,23,25). The van der Waals surface area contributed by atoms with Gasteiger partial charge in [0.2, 0.25) is 0 Å². The molecule has 4 heteroatoms. The molecule has 126 valence electrons. The Bertz CT molecular complexity index is 819. The average Bonchev–Trinajstić information content (AvgIpc) is 2.68. The van der Waals surface area contributed by atoms with Gasteiger partial charge in [0, 0.05) is 25.0 Å². The number of hydrogen-bond acceptors (Lipinski definition) is 3. The zero-order chi connectivity index (χ0) is 17.5. The van der Waals surface area contributed by atoms with Crippen LogP contribution in [0.15, 0.2) is 79.1 Å². The summed E-state index contributed by atoms with van der Waals surface area (Å²) in [5.74, 6) is -0.132. The molecule has 0 saturated heterocycles. The second-order valence-electron chi connectivity index (χ2n) is 5.91. The first-order chi connectivity index (χ1) is 12.2. The number of benzene rings is 2. The van der Waals surface area contributed by atoms with Crippen LogP contribution in [0.4, 0.5) is 5.69 Å². The van der Waals surface area contributed by atoms with Crippen molar-refractivity contribution in [2.75, 3.05) is 5.32 Å². The summed E-state index contributed by atoms with van der Waals surface area (Å²) in [6.45, 7) is 2.58. The van der Waals surface area contributed by atoms with Crippen LogP contribution in [0.2, 0.25) is 0 Å². The first-order valence-electron chi connectivity index (χ1n) is 8.31. The average molecular weight is 331 g/mol. The van der Waals surface area contributed by atoms with E-state index >= 15 is 0 Å². The molecule has 0 bridgehead atoms. The number of carbonyl (C=O) groups is 1. The topological polar surface area (TPSA) is 54.0 Å². The van der Waals surface area contributed by atoms with Crippen molar-refractivity contribution in [1.82, 2.24) is 10.3 Å². The van der Waals surface area contributed by atoms with Crippen LogP contribution in [0.1, 0.15) is 34.5 Å². The fourth-order valence-electron chi connectivity index (χ4n) is 2.60. The highest BCUT2D eigenvalue weighted by Crippen LogP contribution is 2.19. The van der Waals surface area contributed by atoms with E-state index in [-0.39, 0.29) is 11.9 Å². The SMILES string of the molecule is CC(Nc1cncc(C(=O)NCc2ccccc2)c1)c1ccccc1. The molecule has 2 N–H and O–H groups in total. The first kappa shape index (κ1) is 16.7. The number of nitrogens with one attached hydrogen (secondary N) is 2. The summed E-state index contributed by atoms with van der Waals surface area (Å²) < 4.78 is 0. The third-order valence-electron chi connectivity index (χ3n) is 3.98. The molecule has 0 aliphatic heterocycles. The van der Waals surface area contributed by atoms with Crippen LogP contribution in [0.3, 0.4) is 0 Å². The van der Waals surface area contributed by atoms with E-state index in [1.165, 1.54) is 5.56 Å². The molecule has 0 radical (unpaired) electrons. The number of amides is 1. The molecule has 0 fully saturated rings. The van der Waals surface area contributed by atoms with Gasteiger partial charge < -0.3 is 10.6 Å². The van der Waals surface area contributed by atoms with Crippen LogP contribution in [-0.2, 0) is 6.54 Å². The minimum absolute atomic E-state index is 0.130. The summed E-state index contributed by atoms with van der Waals surface area (Å²) in [4.78, 5) is 16.5. The molecular formula is C21H21N3O. The van der Waals surface area contributed by atoms with Gasteiger partial charge in [0.05, 0.1) is 11.3 Å². The normalized spacial score (nSPS) is 11.6. The largest absolute Gasteiger partial charge is 0.377 e. The summed E-state index contributed by atoms with van der Waals surface area (Å²) in [6.07, 6.45) is 3.31. The molecule has 0 aliphatic carbocycles. The predicted octanol–water partition coefficient (Wildman–Crippen LogP) is 4.18. The van der Waals surface area contributed by atoms with Crippen LogP contribution < -0.4 is 10.6 Å². The summed E-state index contributed by atoms with van der Waals surface area (Å²) in [5.41, 5.74) is 3.61. The van der Waals surface area contributed by atoms with Crippen LogP contribution in [0, 0.1) is 0 Å². The van der Waals surface area contributed by atoms with E-state index < -0.39 is 0 Å². The lowest BCUT2D eigenvalue weighted by molar-refractivity contribution is 0.0950. The van der Waals surface area contributed by atoms with Gasteiger partial charge in [0.25, 0.3) is 5.91 Å². The van der Waals surface area contributed by atoms with Crippen molar-refractivity contribution < 1.29 is 4.79 Å². The van der Waals surface area contributed by atoms with Gasteiger partial charge >= 0.3 is 0 Å². The number of rotatable bonds is 6. The third kappa shape index (κ3) is 4.67. The Morgan fingerprint density at radius 2 is 1.68 bits per heavy atom. The van der Waals surface area contributed by atoms with E-state index in [0.29, 0.717) is 12.1 Å². The maximum atomic E-state index is 12.3. The zero-order valence-corrected chi connectivity index (χ0v) is 14.1. The Hall–Kier alpha value is -3.14. The molecule has 1 heterocycles. The van der Waals surface area contributed by atoms with Gasteiger partial charge in [-0.1, -0.05) is 60.7 Å². The Balaban J connectivity index is 1.63. The lowest BCUT2D eigenvalue weighted by atomic mass is 10.1. The lowest BCUT2D eigenvalue weighted by Crippen LogP contribution is -2.23. The highest BCUT2D eigenvalue weighted by Gasteiger charge is 2.09. The van der Waals surface area contributed by atoms with Gasteiger partial charge in [-0.2, -0.15) is 0 Å². The monoisotopic (exact) mass is 331 g/mol. The van der Waals surface area contributed by atoms with Crippen molar-refractivity contribution in [1.29, 1.82) is 0 Å². The van der Waals surface area contributed by atoms with Gasteiger partial charge in [0.15, 0.2) is 0 Å². The minimum Gasteiger partial charge on any atom is -0.377 e. The molecule has 2 aromatic carbocycles. The fraction of sp³-hybridized carbons (Fsp3) is 0.143. The maximum absolute atomic E-state index is 12.3. The minimum atomic E-state index is -0.132. The zero-order valence-electron chi connectivity index (χ0n) is 14.1. The Kier molecular flexibility index (Phi) is 5.42. The van der Waals surface area contributed by atoms with Crippen molar-refractivity contribution in [3.8, 4) is 0 Å². The fourth-order valence-corrected chi connectivity index (χ4v) is 2.60. The quantitative estimate of drug-likeness (QED) is 0.712. The predicted molar refractivity (Wildman–Crippen MR) is 100 cm³/mol. The molecule has 3 rings (SSSR count). The van der Waals surface area contributed by atoms with E-state index in [1.54, 1.807) is 12.4 Å². The number of carbonyl (C=O) groups excluding carboxylic acids is 1.